The molecule has 1 N–H and O–H groups in total. The van der Waals surface area contributed by atoms with Gasteiger partial charge in [0.15, 0.2) is 0 Å². The highest BCUT2D eigenvalue weighted by Gasteiger charge is 2.09. The SMILES string of the molecule is CNCc1ccc(SCc2ccc([N+](=O)[O-])cc2Cl)cc1. The monoisotopic (exact) mass is 322 g/mol. The summed E-state index contributed by atoms with van der Waals surface area (Å²) in [5.41, 5.74) is 2.15. The fourth-order valence-electron chi connectivity index (χ4n) is 1.84. The highest BCUT2D eigenvalue weighted by molar-refractivity contribution is 7.98. The number of benzene rings is 2. The lowest BCUT2D eigenvalue weighted by atomic mass is 10.2. The number of nitro benzene ring substituents is 1. The molecule has 6 heteroatoms. The Kier molecular flexibility index (Phi) is 5.61. The Morgan fingerprint density at radius 2 is 1.95 bits per heavy atom. The summed E-state index contributed by atoms with van der Waals surface area (Å²) in [5.74, 6) is 0.683. The Balaban J connectivity index is 2.01. The van der Waals surface area contributed by atoms with Crippen LogP contribution in [-0.4, -0.2) is 12.0 Å². The van der Waals surface area contributed by atoms with E-state index in [1.807, 2.05) is 7.05 Å². The molecular formula is C15H15ClN2O2S. The van der Waals surface area contributed by atoms with Gasteiger partial charge in [0.1, 0.15) is 0 Å². The Labute approximate surface area is 132 Å². The minimum Gasteiger partial charge on any atom is -0.316 e. The first kappa shape index (κ1) is 15.8. The average molecular weight is 323 g/mol. The maximum atomic E-state index is 10.7. The minimum absolute atomic E-state index is 0.0187. The lowest BCUT2D eigenvalue weighted by molar-refractivity contribution is -0.384. The number of nitrogens with one attached hydrogen (secondary N) is 1. The molecule has 2 aromatic carbocycles. The Bertz CT molecular complexity index is 632. The van der Waals surface area contributed by atoms with Crippen molar-refractivity contribution in [1.82, 2.24) is 5.32 Å². The molecule has 2 aromatic rings. The smallest absolute Gasteiger partial charge is 0.270 e. The lowest BCUT2D eigenvalue weighted by Crippen LogP contribution is -2.04. The fraction of sp³-hybridized carbons (Fsp3) is 0.200. The predicted octanol–water partition coefficient (Wildman–Crippen LogP) is 4.26. The summed E-state index contributed by atoms with van der Waals surface area (Å²) in [6.45, 7) is 0.846. The zero-order chi connectivity index (χ0) is 15.2. The third kappa shape index (κ3) is 4.46. The fourth-order valence-corrected chi connectivity index (χ4v) is 3.06. The molecule has 0 aliphatic carbocycles. The molecule has 0 heterocycles. The highest BCUT2D eigenvalue weighted by atomic mass is 35.5. The lowest BCUT2D eigenvalue weighted by Gasteiger charge is -2.06. The topological polar surface area (TPSA) is 55.2 Å². The van der Waals surface area contributed by atoms with Crippen LogP contribution in [0.4, 0.5) is 5.69 Å². The van der Waals surface area contributed by atoms with Crippen LogP contribution in [0.25, 0.3) is 0 Å². The van der Waals surface area contributed by atoms with E-state index in [9.17, 15) is 10.1 Å². The first-order chi connectivity index (χ1) is 10.1. The molecule has 0 saturated carbocycles. The van der Waals surface area contributed by atoms with E-state index in [1.54, 1.807) is 17.8 Å². The molecular weight excluding hydrogens is 308 g/mol. The van der Waals surface area contributed by atoms with E-state index in [2.05, 4.69) is 29.6 Å². The predicted molar refractivity (Wildman–Crippen MR) is 86.9 cm³/mol. The molecule has 0 aromatic heterocycles. The molecule has 0 fully saturated rings. The molecule has 0 spiro atoms. The van der Waals surface area contributed by atoms with Crippen molar-refractivity contribution in [2.45, 2.75) is 17.2 Å². The summed E-state index contributed by atoms with van der Waals surface area (Å²) in [6, 6.07) is 12.9. The van der Waals surface area contributed by atoms with Gasteiger partial charge in [0, 0.05) is 29.3 Å². The first-order valence-corrected chi connectivity index (χ1v) is 7.75. The van der Waals surface area contributed by atoms with E-state index < -0.39 is 4.92 Å². The van der Waals surface area contributed by atoms with Crippen molar-refractivity contribution < 1.29 is 4.92 Å². The van der Waals surface area contributed by atoms with Crippen LogP contribution in [0.2, 0.25) is 5.02 Å². The third-order valence-electron chi connectivity index (χ3n) is 2.95. The number of thioether (sulfide) groups is 1. The van der Waals surface area contributed by atoms with Gasteiger partial charge in [-0.3, -0.25) is 10.1 Å². The molecule has 0 atom stereocenters. The highest BCUT2D eigenvalue weighted by Crippen LogP contribution is 2.29. The first-order valence-electron chi connectivity index (χ1n) is 6.39. The quantitative estimate of drug-likeness (QED) is 0.490. The molecule has 2 rings (SSSR count). The number of halogens is 1. The van der Waals surface area contributed by atoms with E-state index in [1.165, 1.54) is 17.7 Å². The number of hydrogen-bond acceptors (Lipinski definition) is 4. The zero-order valence-corrected chi connectivity index (χ0v) is 13.1. The van der Waals surface area contributed by atoms with Gasteiger partial charge in [0.25, 0.3) is 5.69 Å². The van der Waals surface area contributed by atoms with Crippen molar-refractivity contribution in [3.05, 3.63) is 68.7 Å². The Hall–Kier alpha value is -1.56. The van der Waals surface area contributed by atoms with Gasteiger partial charge in [-0.2, -0.15) is 0 Å². The summed E-state index contributed by atoms with van der Waals surface area (Å²) in [4.78, 5) is 11.4. The largest absolute Gasteiger partial charge is 0.316 e. The van der Waals surface area contributed by atoms with Gasteiger partial charge in [-0.05, 0) is 36.4 Å². The summed E-state index contributed by atoms with van der Waals surface area (Å²) >= 11 is 7.73. The molecule has 0 aliphatic rings. The average Bonchev–Trinajstić information content (AvgIpc) is 2.47. The van der Waals surface area contributed by atoms with Crippen molar-refractivity contribution in [3.63, 3.8) is 0 Å². The summed E-state index contributed by atoms with van der Waals surface area (Å²) < 4.78 is 0. The van der Waals surface area contributed by atoms with E-state index in [-0.39, 0.29) is 5.69 Å². The van der Waals surface area contributed by atoms with Gasteiger partial charge in [-0.25, -0.2) is 0 Å². The molecule has 0 unspecified atom stereocenters. The van der Waals surface area contributed by atoms with Crippen molar-refractivity contribution in [3.8, 4) is 0 Å². The van der Waals surface area contributed by atoms with E-state index in [0.717, 1.165) is 17.0 Å². The summed E-state index contributed by atoms with van der Waals surface area (Å²) in [6.07, 6.45) is 0. The molecule has 21 heavy (non-hydrogen) atoms. The number of nitro groups is 1. The Morgan fingerprint density at radius 1 is 1.24 bits per heavy atom. The van der Waals surface area contributed by atoms with Gasteiger partial charge in [0.2, 0.25) is 0 Å². The van der Waals surface area contributed by atoms with Crippen molar-refractivity contribution in [1.29, 1.82) is 0 Å². The van der Waals surface area contributed by atoms with Gasteiger partial charge >= 0.3 is 0 Å². The molecule has 0 saturated heterocycles. The van der Waals surface area contributed by atoms with Gasteiger partial charge in [-0.1, -0.05) is 23.7 Å². The van der Waals surface area contributed by atoms with E-state index in [4.69, 9.17) is 11.6 Å². The van der Waals surface area contributed by atoms with Gasteiger partial charge in [0.05, 0.1) is 9.95 Å². The van der Waals surface area contributed by atoms with Crippen LogP contribution >= 0.6 is 23.4 Å². The molecule has 4 nitrogen and oxygen atoms in total. The van der Waals surface area contributed by atoms with Crippen molar-refractivity contribution >= 4 is 29.1 Å². The maximum Gasteiger partial charge on any atom is 0.270 e. The standard InChI is InChI=1S/C15H15ClN2O2S/c1-17-9-11-2-6-14(7-3-11)21-10-12-4-5-13(18(19)20)8-15(12)16/h2-8,17H,9-10H2,1H3. The molecule has 0 bridgehead atoms. The molecule has 110 valence electrons. The second-order valence-corrected chi connectivity index (χ2v) is 5.95. The minimum atomic E-state index is -0.441. The zero-order valence-electron chi connectivity index (χ0n) is 11.5. The molecule has 0 aliphatic heterocycles. The van der Waals surface area contributed by atoms with Crippen LogP contribution in [0, 0.1) is 10.1 Å². The van der Waals surface area contributed by atoms with E-state index in [0.29, 0.717) is 10.8 Å². The van der Waals surface area contributed by atoms with Crippen LogP contribution in [-0.2, 0) is 12.3 Å². The van der Waals surface area contributed by atoms with Gasteiger partial charge < -0.3 is 5.32 Å². The third-order valence-corrected chi connectivity index (χ3v) is 4.36. The number of hydrogen-bond donors (Lipinski definition) is 1. The van der Waals surface area contributed by atoms with Crippen LogP contribution in [0.1, 0.15) is 11.1 Å². The van der Waals surface area contributed by atoms with E-state index >= 15 is 0 Å². The van der Waals surface area contributed by atoms with Crippen LogP contribution in [0.15, 0.2) is 47.4 Å². The number of non-ortho nitro benzene ring substituents is 1. The summed E-state index contributed by atoms with van der Waals surface area (Å²) in [5, 5.41) is 14.2. The Morgan fingerprint density at radius 3 is 2.52 bits per heavy atom. The summed E-state index contributed by atoms with van der Waals surface area (Å²) in [7, 11) is 1.92. The molecule has 0 radical (unpaired) electrons. The normalized spacial score (nSPS) is 10.6. The van der Waals surface area contributed by atoms with Crippen LogP contribution in [0.3, 0.4) is 0 Å². The van der Waals surface area contributed by atoms with Crippen molar-refractivity contribution in [2.24, 2.45) is 0 Å². The second-order valence-electron chi connectivity index (χ2n) is 4.50. The number of nitrogens with zero attached hydrogens (tertiary/aromatic N) is 1. The van der Waals surface area contributed by atoms with Crippen LogP contribution in [0.5, 0.6) is 0 Å². The second kappa shape index (κ2) is 7.45. The van der Waals surface area contributed by atoms with Crippen molar-refractivity contribution in [2.75, 3.05) is 7.05 Å². The maximum absolute atomic E-state index is 10.7. The number of rotatable bonds is 6. The molecule has 0 amide bonds. The van der Waals surface area contributed by atoms with Crippen LogP contribution < -0.4 is 5.32 Å². The van der Waals surface area contributed by atoms with Gasteiger partial charge in [-0.15, -0.1) is 11.8 Å².